The Morgan fingerprint density at radius 3 is 2.68 bits per heavy atom. The first-order valence-corrected chi connectivity index (χ1v) is 8.74. The molecule has 0 bridgehead atoms. The average Bonchev–Trinajstić information content (AvgIpc) is 2.60. The van der Waals surface area contributed by atoms with Crippen LogP contribution in [0.25, 0.3) is 21.9 Å². The second-order valence-electron chi connectivity index (χ2n) is 7.34. The molecule has 0 radical (unpaired) electrons. The van der Waals surface area contributed by atoms with E-state index in [2.05, 4.69) is 4.98 Å². The maximum Gasteiger partial charge on any atom is 0.341 e. The number of hydrogen-bond donors (Lipinski definition) is 2. The molecule has 3 heterocycles. The van der Waals surface area contributed by atoms with Gasteiger partial charge in [-0.15, -0.1) is 0 Å². The molecule has 1 aliphatic rings. The number of pyridine rings is 2. The third-order valence-electron chi connectivity index (χ3n) is 5.19. The number of nitrogens with zero attached hydrogens (tertiary/aromatic N) is 4. The maximum atomic E-state index is 14.8. The van der Waals surface area contributed by atoms with Crippen LogP contribution in [0.1, 0.15) is 10.4 Å². The zero-order chi connectivity index (χ0) is 20.3. The number of fused-ring (bicyclic) bond motifs is 2. The average molecular weight is 385 g/mol. The molecule has 1 aromatic carbocycles. The van der Waals surface area contributed by atoms with Crippen LogP contribution in [0.3, 0.4) is 0 Å². The molecule has 4 rings (SSSR count). The van der Waals surface area contributed by atoms with Crippen molar-refractivity contribution >= 4 is 33.6 Å². The third kappa shape index (κ3) is 2.62. The molecule has 3 aromatic rings. The Bertz CT molecular complexity index is 1190. The van der Waals surface area contributed by atoms with Gasteiger partial charge >= 0.3 is 5.97 Å². The summed E-state index contributed by atoms with van der Waals surface area (Å²) in [5, 5.41) is 9.78. The number of halogens is 1. The van der Waals surface area contributed by atoms with Gasteiger partial charge in [-0.2, -0.15) is 0 Å². The molecule has 8 nitrogen and oxygen atoms in total. The molecule has 0 spiro atoms. The molecule has 3 N–H and O–H groups in total. The van der Waals surface area contributed by atoms with Crippen LogP contribution in [-0.2, 0) is 7.05 Å². The SMILES string of the molecule is CN(C)C1C(N)CN1c1cc2nc3c(cc2cc1F)c(=O)c(C(=O)O)cn3C. The van der Waals surface area contributed by atoms with E-state index in [4.69, 9.17) is 5.73 Å². The van der Waals surface area contributed by atoms with Crippen LogP contribution in [-0.4, -0.2) is 58.4 Å². The molecule has 1 aliphatic heterocycles. The van der Waals surface area contributed by atoms with Gasteiger partial charge in [0.15, 0.2) is 0 Å². The van der Waals surface area contributed by atoms with E-state index in [0.29, 0.717) is 28.8 Å². The highest BCUT2D eigenvalue weighted by atomic mass is 19.1. The summed E-state index contributed by atoms with van der Waals surface area (Å²) in [5.41, 5.74) is 6.31. The summed E-state index contributed by atoms with van der Waals surface area (Å²) >= 11 is 0. The molecular weight excluding hydrogens is 365 g/mol. The Labute approximate surface area is 159 Å². The number of carboxylic acid groups (broad SMARTS) is 1. The van der Waals surface area contributed by atoms with Gasteiger partial charge in [0.05, 0.1) is 28.8 Å². The smallest absolute Gasteiger partial charge is 0.341 e. The van der Waals surface area contributed by atoms with Crippen LogP contribution in [0.5, 0.6) is 0 Å². The lowest BCUT2D eigenvalue weighted by Crippen LogP contribution is -2.70. The minimum absolute atomic E-state index is 0.0788. The maximum absolute atomic E-state index is 14.8. The zero-order valence-electron chi connectivity index (χ0n) is 15.7. The van der Waals surface area contributed by atoms with E-state index >= 15 is 0 Å². The largest absolute Gasteiger partial charge is 0.477 e. The monoisotopic (exact) mass is 385 g/mol. The topological polar surface area (TPSA) is 105 Å². The van der Waals surface area contributed by atoms with E-state index in [1.54, 1.807) is 13.1 Å². The molecule has 0 saturated carbocycles. The molecule has 2 atom stereocenters. The predicted octanol–water partition coefficient (Wildman–Crippen LogP) is 0.959. The summed E-state index contributed by atoms with van der Waals surface area (Å²) in [6.07, 6.45) is 1.13. The molecule has 2 unspecified atom stereocenters. The van der Waals surface area contributed by atoms with Crippen LogP contribution in [0.15, 0.2) is 29.2 Å². The van der Waals surface area contributed by atoms with Crippen molar-refractivity contribution in [2.75, 3.05) is 25.5 Å². The van der Waals surface area contributed by atoms with Crippen molar-refractivity contribution in [2.45, 2.75) is 12.2 Å². The first kappa shape index (κ1) is 18.3. The lowest BCUT2D eigenvalue weighted by molar-refractivity contribution is 0.0695. The fourth-order valence-corrected chi connectivity index (χ4v) is 3.87. The number of nitrogens with two attached hydrogens (primary N) is 1. The molecule has 1 fully saturated rings. The van der Waals surface area contributed by atoms with Gasteiger partial charge in [0.2, 0.25) is 5.43 Å². The summed E-state index contributed by atoms with van der Waals surface area (Å²) in [6.45, 7) is 0.527. The minimum atomic E-state index is -1.31. The third-order valence-corrected chi connectivity index (χ3v) is 5.19. The molecule has 0 amide bonds. The van der Waals surface area contributed by atoms with Crippen molar-refractivity contribution in [3.8, 4) is 0 Å². The number of anilines is 1. The molecule has 1 saturated heterocycles. The predicted molar refractivity (Wildman–Crippen MR) is 104 cm³/mol. The molecular formula is C19H20FN5O3. The Hall–Kier alpha value is -3.04. The van der Waals surface area contributed by atoms with E-state index in [1.807, 2.05) is 23.9 Å². The van der Waals surface area contributed by atoms with E-state index in [-0.39, 0.29) is 23.2 Å². The summed E-state index contributed by atoms with van der Waals surface area (Å²) < 4.78 is 16.3. The Kier molecular flexibility index (Phi) is 4.09. The second kappa shape index (κ2) is 6.25. The highest BCUT2D eigenvalue weighted by Crippen LogP contribution is 2.32. The molecule has 9 heteroatoms. The quantitative estimate of drug-likeness (QED) is 0.647. The van der Waals surface area contributed by atoms with Crippen LogP contribution in [0.2, 0.25) is 0 Å². The number of hydrogen-bond acceptors (Lipinski definition) is 6. The summed E-state index contributed by atoms with van der Waals surface area (Å²) in [6, 6.07) is 4.37. The van der Waals surface area contributed by atoms with E-state index in [9.17, 15) is 19.1 Å². The van der Waals surface area contributed by atoms with Gasteiger partial charge in [-0.25, -0.2) is 14.2 Å². The number of carbonyl (C=O) groups is 1. The van der Waals surface area contributed by atoms with E-state index in [1.165, 1.54) is 22.9 Å². The van der Waals surface area contributed by atoms with Crippen molar-refractivity contribution in [1.29, 1.82) is 0 Å². The Morgan fingerprint density at radius 1 is 1.36 bits per heavy atom. The van der Waals surface area contributed by atoms with Crippen molar-refractivity contribution in [2.24, 2.45) is 12.8 Å². The number of carboxylic acids is 1. The first-order chi connectivity index (χ1) is 13.2. The second-order valence-corrected chi connectivity index (χ2v) is 7.34. The van der Waals surface area contributed by atoms with Gasteiger partial charge in [0, 0.05) is 25.2 Å². The Morgan fingerprint density at radius 2 is 2.07 bits per heavy atom. The first-order valence-electron chi connectivity index (χ1n) is 8.74. The van der Waals surface area contributed by atoms with E-state index in [0.717, 1.165) is 0 Å². The number of aromatic nitrogens is 2. The van der Waals surface area contributed by atoms with Crippen molar-refractivity contribution < 1.29 is 14.3 Å². The highest BCUT2D eigenvalue weighted by molar-refractivity contribution is 5.96. The van der Waals surface area contributed by atoms with Gasteiger partial charge in [0.1, 0.15) is 17.0 Å². The van der Waals surface area contributed by atoms with Gasteiger partial charge < -0.3 is 20.3 Å². The molecule has 28 heavy (non-hydrogen) atoms. The number of aryl methyl sites for hydroxylation is 1. The van der Waals surface area contributed by atoms with Crippen LogP contribution in [0.4, 0.5) is 10.1 Å². The van der Waals surface area contributed by atoms with Gasteiger partial charge in [0.25, 0.3) is 0 Å². The molecule has 0 aliphatic carbocycles. The number of likely N-dealkylation sites (N-methyl/N-ethyl adjacent to an activating group) is 1. The van der Waals surface area contributed by atoms with Crippen LogP contribution >= 0.6 is 0 Å². The summed E-state index contributed by atoms with van der Waals surface area (Å²) in [5.74, 6) is -1.76. The van der Waals surface area contributed by atoms with Crippen LogP contribution in [0, 0.1) is 5.82 Å². The molecule has 2 aromatic heterocycles. The van der Waals surface area contributed by atoms with Gasteiger partial charge in [-0.05, 0) is 32.3 Å². The standard InChI is InChI=1S/C19H20FN5O3/c1-23(2)18-13(21)8-25(18)15-6-14-9(5-12(15)20)4-10-16(26)11(19(27)28)7-24(3)17(10)22-14/h4-7,13,18H,8,21H2,1-3H3,(H,27,28). The normalized spacial score (nSPS) is 19.4. The van der Waals surface area contributed by atoms with E-state index < -0.39 is 17.2 Å². The highest BCUT2D eigenvalue weighted by Gasteiger charge is 2.39. The minimum Gasteiger partial charge on any atom is -0.477 e. The molecule has 146 valence electrons. The van der Waals surface area contributed by atoms with Gasteiger partial charge in [-0.1, -0.05) is 0 Å². The lowest BCUT2D eigenvalue weighted by Gasteiger charge is -2.51. The number of rotatable bonds is 3. The van der Waals surface area contributed by atoms with Crippen molar-refractivity contribution in [3.05, 3.63) is 46.0 Å². The number of aromatic carboxylic acids is 1. The van der Waals surface area contributed by atoms with Gasteiger partial charge in [-0.3, -0.25) is 9.69 Å². The number of benzene rings is 1. The fourth-order valence-electron chi connectivity index (χ4n) is 3.87. The fraction of sp³-hybridized carbons (Fsp3) is 0.316. The van der Waals surface area contributed by atoms with Crippen molar-refractivity contribution in [3.63, 3.8) is 0 Å². The zero-order valence-corrected chi connectivity index (χ0v) is 15.7. The van der Waals surface area contributed by atoms with Crippen molar-refractivity contribution in [1.82, 2.24) is 14.5 Å². The summed E-state index contributed by atoms with van der Waals surface area (Å²) in [7, 11) is 5.39. The van der Waals surface area contributed by atoms with Crippen LogP contribution < -0.4 is 16.1 Å². The summed E-state index contributed by atoms with van der Waals surface area (Å²) in [4.78, 5) is 32.1. The Balaban J connectivity index is 1.92. The lowest BCUT2D eigenvalue weighted by atomic mass is 10.0.